The quantitative estimate of drug-likeness (QED) is 0.363. The molecule has 1 aliphatic heterocycles. The van der Waals surface area contributed by atoms with E-state index in [1.807, 2.05) is 32.4 Å². The molecule has 0 aliphatic carbocycles. The number of nitrogens with one attached hydrogen (secondary N) is 1. The minimum Gasteiger partial charge on any atom is -0.460 e. The van der Waals surface area contributed by atoms with E-state index in [0.29, 0.717) is 26.1 Å². The van der Waals surface area contributed by atoms with Crippen LogP contribution in [-0.2, 0) is 32.5 Å². The summed E-state index contributed by atoms with van der Waals surface area (Å²) in [6.07, 6.45) is 2.37. The van der Waals surface area contributed by atoms with Gasteiger partial charge in [0.05, 0.1) is 47.9 Å². The third-order valence-electron chi connectivity index (χ3n) is 6.79. The van der Waals surface area contributed by atoms with E-state index in [-0.39, 0.29) is 12.0 Å². The van der Waals surface area contributed by atoms with Gasteiger partial charge in [0.1, 0.15) is 18.5 Å². The van der Waals surface area contributed by atoms with Crippen molar-refractivity contribution in [2.75, 3.05) is 37.7 Å². The molecule has 208 valence electrons. The minimum atomic E-state index is -0.801. The van der Waals surface area contributed by atoms with Crippen LogP contribution in [0.5, 0.6) is 0 Å². The molecule has 1 aromatic carbocycles. The molecule has 3 rings (SSSR count). The predicted octanol–water partition coefficient (Wildman–Crippen LogP) is 2.16. The normalized spacial score (nSPS) is 16.3. The highest BCUT2D eigenvalue weighted by Gasteiger charge is 2.33. The zero-order valence-electron chi connectivity index (χ0n) is 24.1. The van der Waals surface area contributed by atoms with Gasteiger partial charge in [-0.15, -0.1) is 0 Å². The predicted molar refractivity (Wildman–Crippen MR) is 150 cm³/mol. The second kappa shape index (κ2) is 12.3. The van der Waals surface area contributed by atoms with Crippen molar-refractivity contribution in [3.63, 3.8) is 0 Å². The summed E-state index contributed by atoms with van der Waals surface area (Å²) in [6.45, 7) is 14.3. The zero-order chi connectivity index (χ0) is 28.2. The number of fused-ring (bicyclic) bond motifs is 1. The summed E-state index contributed by atoms with van der Waals surface area (Å²) in [4.78, 5) is 15.0. The number of carbonyl (C=O) groups excluding carboxylic acids is 1. The van der Waals surface area contributed by atoms with Crippen LogP contribution in [0.25, 0.3) is 12.4 Å². The fourth-order valence-corrected chi connectivity index (χ4v) is 4.82. The highest BCUT2D eigenvalue weighted by molar-refractivity contribution is 5.93. The fraction of sp³-hybridized carbons (Fsp3) is 0.533. The molecule has 0 bridgehead atoms. The number of nitrogens with zero attached hydrogens (tertiary/aromatic N) is 2. The Labute approximate surface area is 226 Å². The number of rotatable bonds is 10. The van der Waals surface area contributed by atoms with E-state index in [1.165, 1.54) is 0 Å². The average molecular weight is 527 g/mol. The number of aromatic nitrogens is 1. The number of hydrogen-bond acceptors (Lipinski definition) is 7. The van der Waals surface area contributed by atoms with Gasteiger partial charge in [0.25, 0.3) is 0 Å². The molecule has 1 aliphatic rings. The van der Waals surface area contributed by atoms with E-state index < -0.39 is 17.6 Å². The molecule has 0 saturated heterocycles. The Hall–Kier alpha value is -2.94. The Morgan fingerprint density at radius 1 is 1.18 bits per heavy atom. The van der Waals surface area contributed by atoms with E-state index in [0.717, 1.165) is 38.9 Å². The monoisotopic (exact) mass is 526 g/mol. The van der Waals surface area contributed by atoms with E-state index in [4.69, 9.17) is 14.2 Å². The maximum atomic E-state index is 12.7. The van der Waals surface area contributed by atoms with Crippen molar-refractivity contribution in [3.8, 4) is 0 Å². The molecular formula is C30H44N3O5+. The van der Waals surface area contributed by atoms with Crippen LogP contribution in [0.3, 0.4) is 0 Å². The molecule has 0 fully saturated rings. The molecule has 0 saturated carbocycles. The number of carbonyl (C=O) groups is 1. The Bertz CT molecular complexity index is 1220. The fourth-order valence-electron chi connectivity index (χ4n) is 4.82. The summed E-state index contributed by atoms with van der Waals surface area (Å²) < 4.78 is 18.7. The Morgan fingerprint density at radius 3 is 2.39 bits per heavy atom. The molecule has 2 aromatic rings. The smallest absolute Gasteiger partial charge is 0.312 e. The van der Waals surface area contributed by atoms with Crippen molar-refractivity contribution in [1.29, 1.82) is 0 Å². The highest BCUT2D eigenvalue weighted by Crippen LogP contribution is 2.39. The Kier molecular flexibility index (Phi) is 9.57. The average Bonchev–Trinajstić information content (AvgIpc) is 3.19. The van der Waals surface area contributed by atoms with Crippen LogP contribution in [0, 0.1) is 12.8 Å². The number of ether oxygens (including phenoxy) is 3. The molecule has 8 nitrogen and oxygen atoms in total. The van der Waals surface area contributed by atoms with Crippen LogP contribution in [0.4, 0.5) is 11.4 Å². The van der Waals surface area contributed by atoms with Crippen molar-refractivity contribution >= 4 is 29.7 Å². The minimum absolute atomic E-state index is 0.0685. The van der Waals surface area contributed by atoms with E-state index >= 15 is 0 Å². The summed E-state index contributed by atoms with van der Waals surface area (Å²) in [5.41, 5.74) is 3.56. The summed E-state index contributed by atoms with van der Waals surface area (Å²) in [7, 11) is 5.38. The van der Waals surface area contributed by atoms with Gasteiger partial charge in [-0.25, -0.2) is 4.57 Å². The molecule has 1 aromatic heterocycles. The molecule has 0 unspecified atom stereocenters. The van der Waals surface area contributed by atoms with Crippen LogP contribution in [0.1, 0.15) is 45.2 Å². The molecule has 38 heavy (non-hydrogen) atoms. The Balaban J connectivity index is 2.01. The lowest BCUT2D eigenvalue weighted by Crippen LogP contribution is -2.51. The van der Waals surface area contributed by atoms with Crippen molar-refractivity contribution < 1.29 is 28.7 Å². The van der Waals surface area contributed by atoms with Crippen LogP contribution in [-0.4, -0.2) is 56.3 Å². The number of aliphatic hydroxyl groups is 1. The number of benzene rings is 1. The highest BCUT2D eigenvalue weighted by atomic mass is 16.6. The molecular weight excluding hydrogens is 482 g/mol. The van der Waals surface area contributed by atoms with Gasteiger partial charge in [-0.05, 0) is 77.8 Å². The number of pyridine rings is 1. The maximum Gasteiger partial charge on any atom is 0.312 e. The van der Waals surface area contributed by atoms with Gasteiger partial charge < -0.3 is 29.5 Å². The van der Waals surface area contributed by atoms with Crippen LogP contribution in [0.15, 0.2) is 30.5 Å². The molecule has 2 N–H and O–H groups in total. The van der Waals surface area contributed by atoms with Gasteiger partial charge in [-0.2, -0.15) is 0 Å². The van der Waals surface area contributed by atoms with Gasteiger partial charge in [-0.3, -0.25) is 4.79 Å². The van der Waals surface area contributed by atoms with Gasteiger partial charge in [0.2, 0.25) is 5.35 Å². The largest absolute Gasteiger partial charge is 0.460 e. The Morgan fingerprint density at radius 2 is 1.84 bits per heavy atom. The van der Waals surface area contributed by atoms with Gasteiger partial charge in [0.15, 0.2) is 6.20 Å². The van der Waals surface area contributed by atoms with Crippen LogP contribution >= 0.6 is 0 Å². The first kappa shape index (κ1) is 29.6. The molecule has 8 heteroatoms. The summed E-state index contributed by atoms with van der Waals surface area (Å²) >= 11 is 0. The first-order valence-corrected chi connectivity index (χ1v) is 13.1. The number of anilines is 2. The van der Waals surface area contributed by atoms with E-state index in [9.17, 15) is 9.90 Å². The molecule has 2 atom stereocenters. The SMILES string of the molecule is C=c1c(C)cc(=C2Nc3ccc(CC[C@H](C(=O)OC(C)(C)C)[C@@H](C)O)cc3N2C(COC)COC)c[n+]1C. The van der Waals surface area contributed by atoms with Crippen LogP contribution in [0.2, 0.25) is 0 Å². The first-order chi connectivity index (χ1) is 17.9. The lowest BCUT2D eigenvalue weighted by atomic mass is 9.94. The van der Waals surface area contributed by atoms with Crippen molar-refractivity contribution in [2.24, 2.45) is 13.0 Å². The number of aliphatic hydroxyl groups excluding tert-OH is 1. The summed E-state index contributed by atoms with van der Waals surface area (Å²) in [6, 6.07) is 8.34. The molecule has 0 amide bonds. The summed E-state index contributed by atoms with van der Waals surface area (Å²) in [5, 5.41) is 15.9. The zero-order valence-corrected chi connectivity index (χ0v) is 24.1. The topological polar surface area (TPSA) is 84.1 Å². The second-order valence-corrected chi connectivity index (χ2v) is 11.1. The standard InChI is InChI=1S/C30H43N3O5/c1-19-14-23(16-32(7)20(19)2)28-31-26-13-11-22(15-27(26)33(28)24(17-36-8)18-37-9)10-12-25(21(3)34)29(35)38-30(4,5)6/h11,13-16,21,24-25,34H,2,10,12,17-18H2,1,3-9H3/p+1/t21-,25+/m1/s1. The molecule has 0 spiro atoms. The van der Waals surface area contributed by atoms with E-state index in [1.54, 1.807) is 21.1 Å². The number of esters is 1. The van der Waals surface area contributed by atoms with E-state index in [2.05, 4.69) is 54.2 Å². The maximum absolute atomic E-state index is 12.7. The lowest BCUT2D eigenvalue weighted by molar-refractivity contribution is -0.685. The van der Waals surface area contributed by atoms with Crippen molar-refractivity contribution in [2.45, 2.75) is 65.2 Å². The number of aryl methyl sites for hydroxylation is 3. The second-order valence-electron chi connectivity index (χ2n) is 11.1. The van der Waals surface area contributed by atoms with Gasteiger partial charge in [-0.1, -0.05) is 6.07 Å². The lowest BCUT2D eigenvalue weighted by Gasteiger charge is -2.30. The number of hydrogen-bond donors (Lipinski definition) is 2. The van der Waals surface area contributed by atoms with Crippen molar-refractivity contribution in [3.05, 3.63) is 52.2 Å². The molecule has 0 radical (unpaired) electrons. The number of methoxy groups -OCH3 is 2. The third kappa shape index (κ3) is 6.92. The third-order valence-corrected chi connectivity index (χ3v) is 6.79. The van der Waals surface area contributed by atoms with Crippen molar-refractivity contribution in [1.82, 2.24) is 0 Å². The molecule has 2 heterocycles. The summed E-state index contributed by atoms with van der Waals surface area (Å²) in [5.74, 6) is -0.0202. The van der Waals surface area contributed by atoms with Gasteiger partial charge in [0, 0.05) is 19.8 Å². The first-order valence-electron chi connectivity index (χ1n) is 13.1. The van der Waals surface area contributed by atoms with Crippen LogP contribution < -0.4 is 25.4 Å². The van der Waals surface area contributed by atoms with Gasteiger partial charge >= 0.3 is 5.97 Å².